The molecule has 0 saturated carbocycles. The van der Waals surface area contributed by atoms with E-state index in [1.165, 1.54) is 0 Å². The molecule has 132 valence electrons. The molecule has 0 fully saturated rings. The number of rotatable bonds is 5. The van der Waals surface area contributed by atoms with E-state index in [0.717, 1.165) is 22.6 Å². The Morgan fingerprint density at radius 2 is 1.69 bits per heavy atom. The van der Waals surface area contributed by atoms with Gasteiger partial charge in [0.05, 0.1) is 30.1 Å². The minimum Gasteiger partial charge on any atom is -0.496 e. The van der Waals surface area contributed by atoms with Crippen LogP contribution in [-0.2, 0) is 0 Å². The molecule has 0 aliphatic carbocycles. The number of hydrogen-bond donors (Lipinski definition) is 1. The van der Waals surface area contributed by atoms with Gasteiger partial charge in [-0.3, -0.25) is 9.78 Å². The number of aryl methyl sites for hydroxylation is 1. The summed E-state index contributed by atoms with van der Waals surface area (Å²) in [5.41, 5.74) is 4.11. The highest BCUT2D eigenvalue weighted by molar-refractivity contribution is 5.95. The van der Waals surface area contributed by atoms with Crippen molar-refractivity contribution in [3.05, 3.63) is 83.6 Å². The maximum atomic E-state index is 12.7. The molecule has 3 aromatic rings. The lowest BCUT2D eigenvalue weighted by Gasteiger charge is -2.18. The number of pyridine rings is 1. The Balaban J connectivity index is 1.80. The Bertz CT molecular complexity index is 907. The molecule has 1 heterocycles. The molecule has 0 bridgehead atoms. The normalized spacial score (nSPS) is 11.7. The predicted octanol–water partition coefficient (Wildman–Crippen LogP) is 4.56. The van der Waals surface area contributed by atoms with Crippen molar-refractivity contribution in [2.24, 2.45) is 0 Å². The van der Waals surface area contributed by atoms with Crippen LogP contribution >= 0.6 is 0 Å². The second kappa shape index (κ2) is 7.83. The van der Waals surface area contributed by atoms with Crippen LogP contribution < -0.4 is 10.1 Å². The fraction of sp³-hybridized carbons (Fsp3) is 0.182. The van der Waals surface area contributed by atoms with E-state index in [2.05, 4.69) is 10.3 Å². The van der Waals surface area contributed by atoms with Gasteiger partial charge in [0.2, 0.25) is 0 Å². The molecule has 0 aliphatic rings. The number of para-hydroxylation sites is 1. The van der Waals surface area contributed by atoms with Gasteiger partial charge in [-0.05, 0) is 32.0 Å². The van der Waals surface area contributed by atoms with Crippen molar-refractivity contribution in [2.75, 3.05) is 7.11 Å². The number of hydrogen-bond acceptors (Lipinski definition) is 3. The summed E-state index contributed by atoms with van der Waals surface area (Å²) in [6.07, 6.45) is 0. The van der Waals surface area contributed by atoms with E-state index >= 15 is 0 Å². The van der Waals surface area contributed by atoms with Crippen molar-refractivity contribution in [2.45, 2.75) is 19.9 Å². The van der Waals surface area contributed by atoms with Gasteiger partial charge in [0.15, 0.2) is 0 Å². The number of amides is 1. The van der Waals surface area contributed by atoms with Crippen LogP contribution in [0.5, 0.6) is 5.75 Å². The minimum absolute atomic E-state index is 0.145. The first kappa shape index (κ1) is 17.7. The lowest BCUT2D eigenvalue weighted by Crippen LogP contribution is -2.27. The van der Waals surface area contributed by atoms with Crippen LogP contribution in [0.15, 0.2) is 66.7 Å². The van der Waals surface area contributed by atoms with E-state index in [4.69, 9.17) is 4.74 Å². The fourth-order valence-corrected chi connectivity index (χ4v) is 2.95. The lowest BCUT2D eigenvalue weighted by atomic mass is 10.1. The summed E-state index contributed by atoms with van der Waals surface area (Å²) in [4.78, 5) is 17.3. The van der Waals surface area contributed by atoms with Gasteiger partial charge in [0.1, 0.15) is 5.75 Å². The average molecular weight is 346 g/mol. The van der Waals surface area contributed by atoms with Crippen LogP contribution in [0, 0.1) is 6.92 Å². The number of nitrogens with one attached hydrogen (secondary N) is 1. The summed E-state index contributed by atoms with van der Waals surface area (Å²) in [6, 6.07) is 21.1. The SMILES string of the molecule is COc1ccccc1C(C)NC(=O)c1ccc(-c2ccccc2)nc1C. The standard InChI is InChI=1S/C22H22N2O2/c1-15(18-11-7-8-12-21(18)26-3)24-22(25)19-13-14-20(23-16(19)2)17-9-5-4-6-10-17/h4-15H,1-3H3,(H,24,25). The molecule has 0 radical (unpaired) electrons. The number of benzene rings is 2. The van der Waals surface area contributed by atoms with Crippen molar-refractivity contribution in [1.29, 1.82) is 0 Å². The molecule has 3 rings (SSSR count). The Morgan fingerprint density at radius 1 is 1.00 bits per heavy atom. The second-order valence-corrected chi connectivity index (χ2v) is 6.13. The van der Waals surface area contributed by atoms with Crippen LogP contribution in [0.4, 0.5) is 0 Å². The maximum absolute atomic E-state index is 12.7. The Hall–Kier alpha value is -3.14. The third-order valence-electron chi connectivity index (χ3n) is 4.35. The zero-order valence-corrected chi connectivity index (χ0v) is 15.2. The molecule has 26 heavy (non-hydrogen) atoms. The van der Waals surface area contributed by atoms with Crippen molar-refractivity contribution >= 4 is 5.91 Å². The topological polar surface area (TPSA) is 51.2 Å². The van der Waals surface area contributed by atoms with E-state index in [1.807, 2.05) is 80.6 Å². The monoisotopic (exact) mass is 346 g/mol. The predicted molar refractivity (Wildman–Crippen MR) is 103 cm³/mol. The van der Waals surface area contributed by atoms with Gasteiger partial charge in [0.25, 0.3) is 5.91 Å². The van der Waals surface area contributed by atoms with Gasteiger partial charge in [-0.25, -0.2) is 0 Å². The van der Waals surface area contributed by atoms with Crippen LogP contribution in [0.3, 0.4) is 0 Å². The molecule has 1 amide bonds. The van der Waals surface area contributed by atoms with Crippen LogP contribution in [0.25, 0.3) is 11.3 Å². The zero-order chi connectivity index (χ0) is 18.5. The molecule has 2 aromatic carbocycles. The highest BCUT2D eigenvalue weighted by Gasteiger charge is 2.17. The average Bonchev–Trinajstić information content (AvgIpc) is 2.68. The summed E-state index contributed by atoms with van der Waals surface area (Å²) in [5.74, 6) is 0.614. The first-order valence-electron chi connectivity index (χ1n) is 8.57. The highest BCUT2D eigenvalue weighted by Crippen LogP contribution is 2.25. The van der Waals surface area contributed by atoms with Crippen LogP contribution in [-0.4, -0.2) is 18.0 Å². The van der Waals surface area contributed by atoms with Gasteiger partial charge in [-0.1, -0.05) is 48.5 Å². The van der Waals surface area contributed by atoms with Gasteiger partial charge in [-0.15, -0.1) is 0 Å². The summed E-state index contributed by atoms with van der Waals surface area (Å²) >= 11 is 0. The fourth-order valence-electron chi connectivity index (χ4n) is 2.95. The van der Waals surface area contributed by atoms with Gasteiger partial charge < -0.3 is 10.1 Å². The minimum atomic E-state index is -0.174. The largest absolute Gasteiger partial charge is 0.496 e. The van der Waals surface area contributed by atoms with E-state index in [9.17, 15) is 4.79 Å². The molecule has 0 spiro atoms. The lowest BCUT2D eigenvalue weighted by molar-refractivity contribution is 0.0938. The van der Waals surface area contributed by atoms with Crippen molar-refractivity contribution < 1.29 is 9.53 Å². The molecule has 1 aromatic heterocycles. The first-order valence-corrected chi connectivity index (χ1v) is 8.57. The molecule has 0 saturated heterocycles. The Labute approximate surface area is 153 Å². The van der Waals surface area contributed by atoms with Crippen molar-refractivity contribution in [3.63, 3.8) is 0 Å². The molecular formula is C22H22N2O2. The van der Waals surface area contributed by atoms with Gasteiger partial charge in [-0.2, -0.15) is 0 Å². The van der Waals surface area contributed by atoms with E-state index in [1.54, 1.807) is 7.11 Å². The van der Waals surface area contributed by atoms with Gasteiger partial charge >= 0.3 is 0 Å². The van der Waals surface area contributed by atoms with E-state index in [-0.39, 0.29) is 11.9 Å². The first-order chi connectivity index (χ1) is 12.6. The number of carbonyl (C=O) groups excluding carboxylic acids is 1. The number of ether oxygens (including phenoxy) is 1. The van der Waals surface area contributed by atoms with Crippen LogP contribution in [0.2, 0.25) is 0 Å². The summed E-state index contributed by atoms with van der Waals surface area (Å²) in [6.45, 7) is 3.80. The second-order valence-electron chi connectivity index (χ2n) is 6.13. The Kier molecular flexibility index (Phi) is 5.32. The molecule has 0 aliphatic heterocycles. The summed E-state index contributed by atoms with van der Waals surface area (Å²) < 4.78 is 5.38. The number of nitrogens with zero attached hydrogens (tertiary/aromatic N) is 1. The molecule has 1 unspecified atom stereocenters. The van der Waals surface area contributed by atoms with E-state index in [0.29, 0.717) is 11.3 Å². The molecule has 4 heteroatoms. The third kappa shape index (κ3) is 3.75. The Morgan fingerprint density at radius 3 is 2.38 bits per heavy atom. The van der Waals surface area contributed by atoms with Gasteiger partial charge in [0, 0.05) is 11.1 Å². The van der Waals surface area contributed by atoms with Crippen LogP contribution in [0.1, 0.15) is 34.6 Å². The molecule has 4 nitrogen and oxygen atoms in total. The molecule has 1 N–H and O–H groups in total. The van der Waals surface area contributed by atoms with E-state index < -0.39 is 0 Å². The molecular weight excluding hydrogens is 324 g/mol. The smallest absolute Gasteiger partial charge is 0.253 e. The van der Waals surface area contributed by atoms with Crippen molar-refractivity contribution in [3.8, 4) is 17.0 Å². The highest BCUT2D eigenvalue weighted by atomic mass is 16.5. The molecule has 1 atom stereocenters. The number of carbonyl (C=O) groups is 1. The quantitative estimate of drug-likeness (QED) is 0.737. The maximum Gasteiger partial charge on any atom is 0.253 e. The van der Waals surface area contributed by atoms with Crippen molar-refractivity contribution in [1.82, 2.24) is 10.3 Å². The summed E-state index contributed by atoms with van der Waals surface area (Å²) in [5, 5.41) is 3.03. The zero-order valence-electron chi connectivity index (χ0n) is 15.2. The third-order valence-corrected chi connectivity index (χ3v) is 4.35. The summed E-state index contributed by atoms with van der Waals surface area (Å²) in [7, 11) is 1.63. The number of aromatic nitrogens is 1. The number of methoxy groups -OCH3 is 1.